The van der Waals surface area contributed by atoms with E-state index in [1.165, 1.54) is 25.7 Å². The predicted octanol–water partition coefficient (Wildman–Crippen LogP) is 2.44. The molecule has 0 spiro atoms. The van der Waals surface area contributed by atoms with Gasteiger partial charge in [-0.3, -0.25) is 9.58 Å². The number of nitrogens with zero attached hydrogens (tertiary/aromatic N) is 3. The summed E-state index contributed by atoms with van der Waals surface area (Å²) in [6, 6.07) is 1.21. The highest BCUT2D eigenvalue weighted by molar-refractivity contribution is 5.21. The van der Waals surface area contributed by atoms with E-state index in [1.807, 2.05) is 0 Å². The normalized spacial score (nSPS) is 24.2. The van der Waals surface area contributed by atoms with Crippen molar-refractivity contribution in [2.24, 2.45) is 0 Å². The minimum absolute atomic E-state index is 0.496. The van der Waals surface area contributed by atoms with E-state index in [0.717, 1.165) is 50.2 Å². The summed E-state index contributed by atoms with van der Waals surface area (Å²) in [7, 11) is 1.68. The maximum absolute atomic E-state index is 5.87. The van der Waals surface area contributed by atoms with Crippen molar-refractivity contribution in [1.82, 2.24) is 14.7 Å². The molecule has 7 nitrogen and oxygen atoms in total. The molecule has 1 aliphatic carbocycles. The van der Waals surface area contributed by atoms with Gasteiger partial charge < -0.3 is 18.9 Å². The second kappa shape index (κ2) is 11.0. The molecule has 2 heterocycles. The minimum Gasteiger partial charge on any atom is -0.476 e. The van der Waals surface area contributed by atoms with Crippen LogP contribution in [0.1, 0.15) is 43.7 Å². The Morgan fingerprint density at radius 1 is 1.04 bits per heavy atom. The van der Waals surface area contributed by atoms with Gasteiger partial charge in [0.15, 0.2) is 0 Å². The standard InChI is InChI=1S/C20H35N3O4/c1-17-16-23(21-20(17)27-11-3-10-25-15-14-24-2)19-6-4-18(5-7-19)22-8-12-26-13-9-22/h16,18-19H,3-15H2,1-2H3/t18-,19-. The van der Waals surface area contributed by atoms with E-state index < -0.39 is 0 Å². The summed E-state index contributed by atoms with van der Waals surface area (Å²) in [6.07, 6.45) is 7.88. The highest BCUT2D eigenvalue weighted by atomic mass is 16.5. The first-order chi connectivity index (χ1) is 13.3. The minimum atomic E-state index is 0.496. The van der Waals surface area contributed by atoms with Crippen molar-refractivity contribution in [2.45, 2.75) is 51.1 Å². The lowest BCUT2D eigenvalue weighted by Gasteiger charge is -2.38. The van der Waals surface area contributed by atoms with Crippen molar-refractivity contribution in [1.29, 1.82) is 0 Å². The maximum atomic E-state index is 5.87. The number of hydrogen-bond acceptors (Lipinski definition) is 6. The number of morpholine rings is 1. The molecule has 0 unspecified atom stereocenters. The quantitative estimate of drug-likeness (QED) is 0.580. The van der Waals surface area contributed by atoms with Gasteiger partial charge in [-0.25, -0.2) is 0 Å². The van der Waals surface area contributed by atoms with E-state index in [1.54, 1.807) is 7.11 Å². The van der Waals surface area contributed by atoms with Crippen LogP contribution in [0.15, 0.2) is 6.20 Å². The van der Waals surface area contributed by atoms with Crippen LogP contribution in [0.3, 0.4) is 0 Å². The highest BCUT2D eigenvalue weighted by Crippen LogP contribution is 2.32. The van der Waals surface area contributed by atoms with Crippen molar-refractivity contribution in [3.05, 3.63) is 11.8 Å². The molecule has 3 rings (SSSR count). The third-order valence-electron chi connectivity index (χ3n) is 5.58. The molecule has 1 saturated carbocycles. The zero-order valence-corrected chi connectivity index (χ0v) is 16.9. The van der Waals surface area contributed by atoms with E-state index in [4.69, 9.17) is 24.0 Å². The van der Waals surface area contributed by atoms with Crippen LogP contribution in [0.2, 0.25) is 0 Å². The fourth-order valence-electron chi connectivity index (χ4n) is 4.00. The molecular weight excluding hydrogens is 346 g/mol. The molecule has 1 aromatic rings. The molecule has 154 valence electrons. The molecule has 0 bridgehead atoms. The van der Waals surface area contributed by atoms with E-state index in [0.29, 0.717) is 32.5 Å². The lowest BCUT2D eigenvalue weighted by atomic mass is 9.90. The van der Waals surface area contributed by atoms with Gasteiger partial charge in [-0.15, -0.1) is 5.10 Å². The van der Waals surface area contributed by atoms with E-state index in [2.05, 4.69) is 22.7 Å². The fourth-order valence-corrected chi connectivity index (χ4v) is 4.00. The molecule has 1 saturated heterocycles. The number of methoxy groups -OCH3 is 1. The summed E-state index contributed by atoms with van der Waals surface area (Å²) in [5.74, 6) is 0.766. The Bertz CT molecular complexity index is 537. The highest BCUT2D eigenvalue weighted by Gasteiger charge is 2.28. The molecule has 7 heteroatoms. The Morgan fingerprint density at radius 3 is 2.52 bits per heavy atom. The first-order valence-electron chi connectivity index (χ1n) is 10.3. The van der Waals surface area contributed by atoms with Crippen LogP contribution >= 0.6 is 0 Å². The third kappa shape index (κ3) is 6.17. The van der Waals surface area contributed by atoms with Crippen LogP contribution in [-0.2, 0) is 14.2 Å². The molecule has 0 amide bonds. The summed E-state index contributed by atoms with van der Waals surface area (Å²) in [5, 5.41) is 4.72. The summed E-state index contributed by atoms with van der Waals surface area (Å²) in [4.78, 5) is 2.61. The van der Waals surface area contributed by atoms with Crippen LogP contribution in [0.4, 0.5) is 0 Å². The van der Waals surface area contributed by atoms with Gasteiger partial charge in [0.1, 0.15) is 0 Å². The van der Waals surface area contributed by atoms with Crippen molar-refractivity contribution in [2.75, 3.05) is 59.8 Å². The Hall–Kier alpha value is -1.15. The summed E-state index contributed by atoms with van der Waals surface area (Å²) in [5.41, 5.74) is 1.12. The first kappa shape index (κ1) is 20.6. The molecule has 1 aromatic heterocycles. The van der Waals surface area contributed by atoms with Gasteiger partial charge in [0.25, 0.3) is 0 Å². The van der Waals surface area contributed by atoms with E-state index in [9.17, 15) is 0 Å². The number of rotatable bonds is 10. The second-order valence-corrected chi connectivity index (χ2v) is 7.52. The topological polar surface area (TPSA) is 58.0 Å². The van der Waals surface area contributed by atoms with Gasteiger partial charge in [-0.1, -0.05) is 0 Å². The van der Waals surface area contributed by atoms with Gasteiger partial charge >= 0.3 is 0 Å². The summed E-state index contributed by atoms with van der Waals surface area (Å²) in [6.45, 7) is 8.62. The van der Waals surface area contributed by atoms with E-state index >= 15 is 0 Å². The van der Waals surface area contributed by atoms with Crippen LogP contribution in [0, 0.1) is 6.92 Å². The molecule has 0 N–H and O–H groups in total. The fraction of sp³-hybridized carbons (Fsp3) is 0.850. The third-order valence-corrected chi connectivity index (χ3v) is 5.58. The monoisotopic (exact) mass is 381 g/mol. The smallest absolute Gasteiger partial charge is 0.235 e. The average Bonchev–Trinajstić information content (AvgIpc) is 3.09. The number of ether oxygens (including phenoxy) is 4. The van der Waals surface area contributed by atoms with Crippen LogP contribution in [0.25, 0.3) is 0 Å². The lowest BCUT2D eigenvalue weighted by Crippen LogP contribution is -2.45. The molecule has 0 atom stereocenters. The van der Waals surface area contributed by atoms with Crippen molar-refractivity contribution in [3.63, 3.8) is 0 Å². The molecule has 2 aliphatic rings. The molecule has 0 aromatic carbocycles. The zero-order valence-electron chi connectivity index (χ0n) is 16.9. The van der Waals surface area contributed by atoms with Gasteiger partial charge in [-0.2, -0.15) is 0 Å². The van der Waals surface area contributed by atoms with Crippen LogP contribution < -0.4 is 4.74 Å². The largest absolute Gasteiger partial charge is 0.476 e. The Kier molecular flexibility index (Phi) is 8.38. The Morgan fingerprint density at radius 2 is 1.78 bits per heavy atom. The molecule has 0 radical (unpaired) electrons. The van der Waals surface area contributed by atoms with Gasteiger partial charge in [0, 0.05) is 51.0 Å². The Labute approximate surface area is 162 Å². The first-order valence-corrected chi connectivity index (χ1v) is 10.3. The lowest BCUT2D eigenvalue weighted by molar-refractivity contribution is 0.00502. The van der Waals surface area contributed by atoms with E-state index in [-0.39, 0.29) is 0 Å². The predicted molar refractivity (Wildman–Crippen MR) is 103 cm³/mol. The molecule has 2 fully saturated rings. The zero-order chi connectivity index (χ0) is 18.9. The Balaban J connectivity index is 1.39. The van der Waals surface area contributed by atoms with Crippen LogP contribution in [0.5, 0.6) is 5.88 Å². The maximum Gasteiger partial charge on any atom is 0.235 e. The summed E-state index contributed by atoms with van der Waals surface area (Å²) >= 11 is 0. The van der Waals surface area contributed by atoms with Crippen molar-refractivity contribution < 1.29 is 18.9 Å². The number of aryl methyl sites for hydroxylation is 1. The number of hydrogen-bond donors (Lipinski definition) is 0. The summed E-state index contributed by atoms with van der Waals surface area (Å²) < 4.78 is 23.9. The second-order valence-electron chi connectivity index (χ2n) is 7.52. The van der Waals surface area contributed by atoms with Crippen LogP contribution in [-0.4, -0.2) is 80.6 Å². The van der Waals surface area contributed by atoms with Crippen molar-refractivity contribution >= 4 is 0 Å². The van der Waals surface area contributed by atoms with Gasteiger partial charge in [0.05, 0.1) is 39.1 Å². The van der Waals surface area contributed by atoms with Gasteiger partial charge in [0.2, 0.25) is 5.88 Å². The van der Waals surface area contributed by atoms with Gasteiger partial charge in [-0.05, 0) is 32.6 Å². The SMILES string of the molecule is COCCOCCCOc1nn([C@H]2CC[C@H](N3CCOCC3)CC2)cc1C. The average molecular weight is 382 g/mol. The molecular formula is C20H35N3O4. The number of aromatic nitrogens is 2. The van der Waals surface area contributed by atoms with Crippen molar-refractivity contribution in [3.8, 4) is 5.88 Å². The molecule has 27 heavy (non-hydrogen) atoms. The molecule has 1 aliphatic heterocycles.